The third-order valence-corrected chi connectivity index (χ3v) is 17.1. The van der Waals surface area contributed by atoms with Crippen LogP contribution in [0.5, 0.6) is 0 Å². The fraction of sp³-hybridized carbons (Fsp3) is 0.508. The second-order valence-electron chi connectivity index (χ2n) is 24.7. The number of hydrogen-bond donors (Lipinski definition) is 8. The van der Waals surface area contributed by atoms with Crippen LogP contribution < -0.4 is 42.5 Å². The zero-order valence-corrected chi connectivity index (χ0v) is 49.4. The van der Waals surface area contributed by atoms with Gasteiger partial charge in [0.05, 0.1) is 24.2 Å². The van der Waals surface area contributed by atoms with Gasteiger partial charge in [-0.2, -0.15) is 0 Å². The minimum absolute atomic E-state index is 0.0450. The van der Waals surface area contributed by atoms with Crippen molar-refractivity contribution < 1.29 is 33.6 Å². The maximum Gasteiger partial charge on any atom is 0.251 e. The van der Waals surface area contributed by atoms with Crippen LogP contribution in [0.1, 0.15) is 149 Å². The molecule has 4 aromatic rings. The summed E-state index contributed by atoms with van der Waals surface area (Å²) < 4.78 is 0. The number of nitrogens with zero attached hydrogens (tertiary/aromatic N) is 2. The summed E-state index contributed by atoms with van der Waals surface area (Å²) in [4.78, 5) is 102. The summed E-state index contributed by atoms with van der Waals surface area (Å²) in [6, 6.07) is 21.4. The molecule has 1 fully saturated rings. The Morgan fingerprint density at radius 3 is 1.68 bits per heavy atom. The molecule has 17 nitrogen and oxygen atoms in total. The first kappa shape index (κ1) is 60.3. The van der Waals surface area contributed by atoms with E-state index in [9.17, 15) is 33.6 Å². The number of carbonyl (C=O) groups is 7. The van der Waals surface area contributed by atoms with Crippen molar-refractivity contribution in [3.63, 3.8) is 0 Å². The lowest BCUT2D eigenvalue weighted by molar-refractivity contribution is -0.147. The maximum absolute atomic E-state index is 14.9. The fourth-order valence-electron chi connectivity index (χ4n) is 11.7. The van der Waals surface area contributed by atoms with E-state index in [1.807, 2.05) is 90.1 Å². The molecule has 434 valence electrons. The summed E-state index contributed by atoms with van der Waals surface area (Å²) in [7, 11) is 3.35. The number of halogens is 1. The molecule has 2 aliphatic carbocycles. The zero-order valence-electron chi connectivity index (χ0n) is 48.7. The Morgan fingerprint density at radius 2 is 1.15 bits per heavy atom. The van der Waals surface area contributed by atoms with Gasteiger partial charge in [0.15, 0.2) is 0 Å². The van der Waals surface area contributed by atoms with Gasteiger partial charge in [0.1, 0.15) is 24.2 Å². The van der Waals surface area contributed by atoms with Gasteiger partial charge < -0.3 is 52.3 Å². The first-order valence-corrected chi connectivity index (χ1v) is 29.1. The second-order valence-corrected chi connectivity index (χ2v) is 25.1. The topological polar surface area (TPSA) is 222 Å². The molecule has 0 saturated carbocycles. The molecule has 9 atom stereocenters. The van der Waals surface area contributed by atoms with Crippen molar-refractivity contribution in [2.24, 2.45) is 10.8 Å². The van der Waals surface area contributed by atoms with Gasteiger partial charge in [-0.05, 0) is 147 Å². The lowest BCUT2D eigenvalue weighted by Crippen LogP contribution is -2.62. The van der Waals surface area contributed by atoms with Crippen molar-refractivity contribution in [3.8, 4) is 0 Å². The number of hydrogen-bond acceptors (Lipinski definition) is 10. The van der Waals surface area contributed by atoms with Crippen molar-refractivity contribution in [1.29, 1.82) is 0 Å². The normalized spacial score (nSPS) is 21.1. The van der Waals surface area contributed by atoms with Crippen molar-refractivity contribution in [1.82, 2.24) is 47.0 Å². The molecule has 2 heterocycles. The summed E-state index contributed by atoms with van der Waals surface area (Å²) in [5, 5.41) is 25.2. The summed E-state index contributed by atoms with van der Waals surface area (Å²) in [5.74, 6) is -2.41. The van der Waals surface area contributed by atoms with E-state index in [0.717, 1.165) is 66.5 Å². The largest absolute Gasteiger partial charge is 0.381 e. The highest BCUT2D eigenvalue weighted by Gasteiger charge is 2.47. The van der Waals surface area contributed by atoms with Gasteiger partial charge in [0.2, 0.25) is 35.4 Å². The third-order valence-electron chi connectivity index (χ3n) is 16.8. The van der Waals surface area contributed by atoms with E-state index in [4.69, 9.17) is 11.6 Å². The first-order chi connectivity index (χ1) is 38.4. The molecule has 2 aliphatic heterocycles. The summed E-state index contributed by atoms with van der Waals surface area (Å²) in [5.41, 5.74) is 6.69. The molecule has 0 aromatic heterocycles. The second kappa shape index (κ2) is 25.5. The molecule has 4 aliphatic rings. The highest BCUT2D eigenvalue weighted by molar-refractivity contribution is 6.31. The number of likely N-dealkylation sites (tertiary alicyclic amines) is 1. The number of anilines is 1. The predicted molar refractivity (Wildman–Crippen MR) is 315 cm³/mol. The third kappa shape index (κ3) is 14.1. The van der Waals surface area contributed by atoms with E-state index in [1.54, 1.807) is 51.0 Å². The number of nitrogens with one attached hydrogen (secondary N) is 8. The van der Waals surface area contributed by atoms with Crippen LogP contribution in [0.15, 0.2) is 84.9 Å². The highest BCUT2D eigenvalue weighted by atomic mass is 35.5. The van der Waals surface area contributed by atoms with E-state index in [0.29, 0.717) is 22.7 Å². The minimum Gasteiger partial charge on any atom is -0.381 e. The summed E-state index contributed by atoms with van der Waals surface area (Å²) >= 11 is 6.93. The van der Waals surface area contributed by atoms with Gasteiger partial charge in [-0.25, -0.2) is 0 Å². The van der Waals surface area contributed by atoms with Crippen LogP contribution >= 0.6 is 11.6 Å². The van der Waals surface area contributed by atoms with Crippen LogP contribution in [0.2, 0.25) is 5.02 Å². The Bertz CT molecular complexity index is 3010. The maximum atomic E-state index is 14.9. The molecule has 0 bridgehead atoms. The predicted octanol–water partition coefficient (Wildman–Crippen LogP) is 6.57. The molecule has 7 amide bonds. The van der Waals surface area contributed by atoms with E-state index in [-0.39, 0.29) is 67.6 Å². The number of fused-ring (bicyclic) bond motifs is 3. The quantitative estimate of drug-likeness (QED) is 0.0568. The van der Waals surface area contributed by atoms with Crippen molar-refractivity contribution in [2.75, 3.05) is 26.0 Å². The average molecular weight is 1130 g/mol. The summed E-state index contributed by atoms with van der Waals surface area (Å²) in [6.07, 6.45) is 5.68. The van der Waals surface area contributed by atoms with Crippen LogP contribution in [0.4, 0.5) is 5.69 Å². The number of carbonyl (C=O) groups excluding carboxylic acids is 7. The molecule has 1 saturated heterocycles. The Hall–Kier alpha value is -6.82. The van der Waals surface area contributed by atoms with Gasteiger partial charge in [-0.1, -0.05) is 114 Å². The Labute approximate surface area is 482 Å². The monoisotopic (exact) mass is 1130 g/mol. The lowest BCUT2D eigenvalue weighted by atomic mass is 9.83. The van der Waals surface area contributed by atoms with Crippen LogP contribution in [0.3, 0.4) is 0 Å². The molecule has 81 heavy (non-hydrogen) atoms. The van der Waals surface area contributed by atoms with Gasteiger partial charge in [0.25, 0.3) is 5.91 Å². The molecule has 4 aromatic carbocycles. The van der Waals surface area contributed by atoms with Crippen LogP contribution in [0.25, 0.3) is 0 Å². The number of rotatable bonds is 17. The van der Waals surface area contributed by atoms with Crippen LogP contribution in [0, 0.1) is 10.8 Å². The molecule has 0 spiro atoms. The summed E-state index contributed by atoms with van der Waals surface area (Å²) in [6.45, 7) is 15.2. The SMILES string of the molecule is CN[C@@H](C)C(=O)NC(C(=O)N1C[C@@H](NC(=O)c2ccc(CNc3ccc4c(c3)CN(C(=O)[C@@H](NC(=O)[C@H](C)NC)C(C)(C)C)[C@H](C(=O)N[C@@H]3CCCc5ccccc53)C4)c(Cl)c2)C[C@H]1C(=O)N[C@@H]1CCCc2ccccc21)C(C)(C)C. The average Bonchev–Trinajstić information content (AvgIpc) is 4.04. The van der Waals surface area contributed by atoms with E-state index in [1.165, 1.54) is 16.0 Å². The minimum atomic E-state index is -0.962. The molecule has 0 radical (unpaired) electrons. The number of aryl methyl sites for hydroxylation is 2. The standard InChI is InChI=1S/C63H83ClN10O7/c1-36(65-9)55(75)71-53(62(3,4)5)60(80)73-34-43-29-44(28-27-40(43)31-51(73)58(78)69-49-23-15-19-38-17-11-13-21-46(38)49)67-33-42-26-25-41(30-48(42)64)57(77)68-45-32-52(59(79)70-50-24-16-20-39-18-12-14-22-47(39)50)74(35-45)61(81)54(63(6,7)8)72-56(76)37(2)66-10/h11-14,17-18,21-22,25-30,36-37,45,49-54,65-67H,15-16,19-20,23-24,31-35H2,1-10H3,(H,68,77)(H,69,78)(H,70,79)(H,71,75)(H,72,76)/t36-,37-,45-,49+,50+,51-,52-,53+,54?/m0/s1. The Balaban J connectivity index is 0.971. The number of benzene rings is 4. The van der Waals surface area contributed by atoms with Gasteiger partial charge >= 0.3 is 0 Å². The lowest BCUT2D eigenvalue weighted by Gasteiger charge is -2.42. The van der Waals surface area contributed by atoms with E-state index in [2.05, 4.69) is 60.7 Å². The van der Waals surface area contributed by atoms with Crippen molar-refractivity contribution in [2.45, 2.75) is 174 Å². The highest BCUT2D eigenvalue weighted by Crippen LogP contribution is 2.35. The number of amides is 7. The Morgan fingerprint density at radius 1 is 0.617 bits per heavy atom. The Kier molecular flexibility index (Phi) is 19.0. The van der Waals surface area contributed by atoms with Gasteiger partial charge in [0, 0.05) is 48.4 Å². The van der Waals surface area contributed by atoms with Gasteiger partial charge in [-0.15, -0.1) is 0 Å². The van der Waals surface area contributed by atoms with E-state index >= 15 is 0 Å². The number of likely N-dealkylation sites (N-methyl/N-ethyl adjacent to an activating group) is 2. The van der Waals surface area contributed by atoms with E-state index < -0.39 is 64.9 Å². The van der Waals surface area contributed by atoms with Crippen molar-refractivity contribution >= 4 is 58.6 Å². The van der Waals surface area contributed by atoms with Crippen LogP contribution in [-0.4, -0.2) is 114 Å². The van der Waals surface area contributed by atoms with Crippen LogP contribution in [-0.2, 0) is 61.1 Å². The molecule has 18 heteroatoms. The van der Waals surface area contributed by atoms with Gasteiger partial charge in [-0.3, -0.25) is 33.6 Å². The zero-order chi connectivity index (χ0) is 58.5. The molecule has 1 unspecified atom stereocenters. The first-order valence-electron chi connectivity index (χ1n) is 28.7. The smallest absolute Gasteiger partial charge is 0.251 e. The molecule has 8 N–H and O–H groups in total. The van der Waals surface area contributed by atoms with Crippen molar-refractivity contribution in [3.05, 3.63) is 134 Å². The molecular formula is C63H83ClN10O7. The molecular weight excluding hydrogens is 1040 g/mol. The fourth-order valence-corrected chi connectivity index (χ4v) is 11.9. The molecule has 8 rings (SSSR count).